The summed E-state index contributed by atoms with van der Waals surface area (Å²) in [6.45, 7) is 6.25. The fourth-order valence-corrected chi connectivity index (χ4v) is 5.22. The van der Waals surface area contributed by atoms with Crippen molar-refractivity contribution in [1.29, 1.82) is 0 Å². The summed E-state index contributed by atoms with van der Waals surface area (Å²) >= 11 is 7.57. The lowest BCUT2D eigenvalue weighted by atomic mass is 9.93. The zero-order valence-electron chi connectivity index (χ0n) is 20.9. The minimum atomic E-state index is -0.418. The molecule has 0 fully saturated rings. The van der Waals surface area contributed by atoms with Crippen molar-refractivity contribution in [3.8, 4) is 0 Å². The largest absolute Gasteiger partial charge is 0.328 e. The maximum Gasteiger partial charge on any atom is 0.255 e. The highest BCUT2D eigenvalue weighted by Crippen LogP contribution is 2.37. The molecule has 1 atom stereocenters. The molecule has 0 saturated carbocycles. The molecule has 188 valence electrons. The number of rotatable bonds is 7. The van der Waals surface area contributed by atoms with Gasteiger partial charge in [-0.25, -0.2) is 4.68 Å². The number of fused-ring (bicyclic) bond motifs is 1. The van der Waals surface area contributed by atoms with Gasteiger partial charge in [-0.3, -0.25) is 4.79 Å². The smallest absolute Gasteiger partial charge is 0.255 e. The van der Waals surface area contributed by atoms with E-state index in [0.717, 1.165) is 22.5 Å². The van der Waals surface area contributed by atoms with Crippen molar-refractivity contribution in [2.45, 2.75) is 43.6 Å². The fourth-order valence-electron chi connectivity index (χ4n) is 4.31. The molecule has 1 aliphatic heterocycles. The molecule has 2 N–H and O–H groups in total. The second-order valence-electron chi connectivity index (χ2n) is 9.29. The van der Waals surface area contributed by atoms with E-state index in [-0.39, 0.29) is 5.91 Å². The summed E-state index contributed by atoms with van der Waals surface area (Å²) in [7, 11) is 0. The Hall–Kier alpha value is -3.55. The predicted molar refractivity (Wildman–Crippen MR) is 151 cm³/mol. The van der Waals surface area contributed by atoms with Gasteiger partial charge in [0.1, 0.15) is 6.04 Å². The highest BCUT2D eigenvalue weighted by atomic mass is 35.5. The van der Waals surface area contributed by atoms with Crippen LogP contribution in [-0.2, 0) is 10.5 Å². The van der Waals surface area contributed by atoms with Gasteiger partial charge in [-0.15, -0.1) is 5.10 Å². The van der Waals surface area contributed by atoms with Crippen molar-refractivity contribution in [3.63, 3.8) is 0 Å². The number of anilines is 2. The van der Waals surface area contributed by atoms with E-state index >= 15 is 0 Å². The number of thioether (sulfide) groups is 1. The molecular formula is C29H28ClN5OS. The van der Waals surface area contributed by atoms with Crippen LogP contribution in [0.15, 0.2) is 95.3 Å². The fraction of sp³-hybridized carbons (Fsp3) is 0.207. The Bertz CT molecular complexity index is 1430. The van der Waals surface area contributed by atoms with E-state index in [9.17, 15) is 4.79 Å². The quantitative estimate of drug-likeness (QED) is 0.246. The van der Waals surface area contributed by atoms with Crippen molar-refractivity contribution < 1.29 is 4.79 Å². The van der Waals surface area contributed by atoms with Gasteiger partial charge in [-0.1, -0.05) is 91.8 Å². The summed E-state index contributed by atoms with van der Waals surface area (Å²) < 4.78 is 1.82. The minimum Gasteiger partial charge on any atom is -0.328 e. The summed E-state index contributed by atoms with van der Waals surface area (Å²) in [5, 5.41) is 12.5. The molecule has 8 heteroatoms. The topological polar surface area (TPSA) is 71.8 Å². The Kier molecular flexibility index (Phi) is 7.35. The van der Waals surface area contributed by atoms with Crippen LogP contribution in [0.4, 0.5) is 11.6 Å². The van der Waals surface area contributed by atoms with E-state index in [0.29, 0.717) is 33.4 Å². The number of hydrogen-bond donors (Lipinski definition) is 2. The first-order valence-corrected chi connectivity index (χ1v) is 13.5. The number of carbonyl (C=O) groups is 1. The lowest BCUT2D eigenvalue weighted by Gasteiger charge is -2.29. The zero-order chi connectivity index (χ0) is 25.9. The molecule has 0 spiro atoms. The average Bonchev–Trinajstić information content (AvgIpc) is 3.30. The molecule has 2 heterocycles. The third-order valence-corrected chi connectivity index (χ3v) is 7.47. The van der Waals surface area contributed by atoms with Gasteiger partial charge in [0, 0.05) is 22.2 Å². The molecule has 1 aliphatic rings. The molecular weight excluding hydrogens is 502 g/mol. The van der Waals surface area contributed by atoms with Crippen LogP contribution in [0.2, 0.25) is 5.02 Å². The average molecular weight is 530 g/mol. The highest BCUT2D eigenvalue weighted by molar-refractivity contribution is 7.98. The molecule has 37 heavy (non-hydrogen) atoms. The third-order valence-electron chi connectivity index (χ3n) is 6.31. The minimum absolute atomic E-state index is 0.175. The molecule has 0 saturated heterocycles. The van der Waals surface area contributed by atoms with Crippen LogP contribution in [0.3, 0.4) is 0 Å². The standard InChI is InChI=1S/C29H28ClN5OS/c1-18(2)21-11-13-22(14-12-21)26-25(27(36)32-24-7-5-4-6-8-24)19(3)31-28-33-29(34-35(26)28)37-17-20-9-15-23(30)16-10-20/h4-16,18,26H,17H2,1-3H3,(H,32,36)(H,31,33,34)/t26-/m0/s1. The van der Waals surface area contributed by atoms with E-state index in [1.54, 1.807) is 11.8 Å². The summed E-state index contributed by atoms with van der Waals surface area (Å²) in [5.41, 5.74) is 5.45. The van der Waals surface area contributed by atoms with Crippen LogP contribution in [0.1, 0.15) is 49.4 Å². The molecule has 0 unspecified atom stereocenters. The molecule has 1 amide bonds. The summed E-state index contributed by atoms with van der Waals surface area (Å²) in [4.78, 5) is 18.4. The van der Waals surface area contributed by atoms with Crippen LogP contribution < -0.4 is 10.6 Å². The van der Waals surface area contributed by atoms with E-state index in [4.69, 9.17) is 21.7 Å². The molecule has 0 bridgehead atoms. The van der Waals surface area contributed by atoms with Crippen LogP contribution in [0.25, 0.3) is 0 Å². The van der Waals surface area contributed by atoms with Gasteiger partial charge in [-0.2, -0.15) is 4.98 Å². The number of nitrogens with zero attached hydrogens (tertiary/aromatic N) is 3. The molecule has 4 aromatic rings. The Morgan fingerprint density at radius 3 is 2.43 bits per heavy atom. The monoisotopic (exact) mass is 529 g/mol. The van der Waals surface area contributed by atoms with E-state index in [2.05, 4.69) is 48.7 Å². The Morgan fingerprint density at radius 1 is 1.05 bits per heavy atom. The lowest BCUT2D eigenvalue weighted by molar-refractivity contribution is -0.113. The zero-order valence-corrected chi connectivity index (χ0v) is 22.5. The van der Waals surface area contributed by atoms with Crippen molar-refractivity contribution in [2.24, 2.45) is 0 Å². The lowest BCUT2D eigenvalue weighted by Crippen LogP contribution is -2.31. The Labute approximate surface area is 226 Å². The molecule has 1 aromatic heterocycles. The van der Waals surface area contributed by atoms with Crippen molar-refractivity contribution >= 4 is 40.9 Å². The number of aromatic nitrogens is 3. The van der Waals surface area contributed by atoms with Crippen LogP contribution in [-0.4, -0.2) is 20.7 Å². The van der Waals surface area contributed by atoms with Gasteiger partial charge >= 0.3 is 0 Å². The predicted octanol–water partition coefficient (Wildman–Crippen LogP) is 7.27. The summed E-state index contributed by atoms with van der Waals surface area (Å²) in [6.07, 6.45) is 0. The molecule has 5 rings (SSSR count). The number of allylic oxidation sites excluding steroid dienone is 1. The van der Waals surface area contributed by atoms with Crippen molar-refractivity contribution in [2.75, 3.05) is 10.6 Å². The van der Waals surface area contributed by atoms with Gasteiger partial charge in [-0.05, 0) is 53.8 Å². The number of para-hydroxylation sites is 1. The normalized spacial score (nSPS) is 14.9. The van der Waals surface area contributed by atoms with Crippen LogP contribution in [0, 0.1) is 0 Å². The summed E-state index contributed by atoms with van der Waals surface area (Å²) in [5.74, 6) is 1.57. The number of nitrogens with one attached hydrogen (secondary N) is 2. The third kappa shape index (κ3) is 5.58. The number of hydrogen-bond acceptors (Lipinski definition) is 5. The van der Waals surface area contributed by atoms with E-state index in [1.165, 1.54) is 5.56 Å². The van der Waals surface area contributed by atoms with E-state index in [1.807, 2.05) is 66.2 Å². The van der Waals surface area contributed by atoms with Gasteiger partial charge in [0.15, 0.2) is 0 Å². The van der Waals surface area contributed by atoms with Gasteiger partial charge < -0.3 is 10.6 Å². The SMILES string of the molecule is CC1=C(C(=O)Nc2ccccc2)[C@H](c2ccc(C(C)C)cc2)n2nc(SCc3ccc(Cl)cc3)nc2N1. The Balaban J connectivity index is 1.49. The number of halogens is 1. The van der Waals surface area contributed by atoms with Crippen LogP contribution >= 0.6 is 23.4 Å². The second kappa shape index (κ2) is 10.8. The molecule has 3 aromatic carbocycles. The number of carbonyl (C=O) groups excluding carboxylic acids is 1. The van der Waals surface area contributed by atoms with Crippen LogP contribution in [0.5, 0.6) is 0 Å². The van der Waals surface area contributed by atoms with Gasteiger partial charge in [0.25, 0.3) is 5.91 Å². The number of amides is 1. The van der Waals surface area contributed by atoms with Gasteiger partial charge in [0.05, 0.1) is 5.57 Å². The first kappa shape index (κ1) is 25.1. The highest BCUT2D eigenvalue weighted by Gasteiger charge is 2.34. The second-order valence-corrected chi connectivity index (χ2v) is 10.7. The first-order valence-electron chi connectivity index (χ1n) is 12.2. The maximum atomic E-state index is 13.6. The van der Waals surface area contributed by atoms with E-state index < -0.39 is 6.04 Å². The Morgan fingerprint density at radius 2 is 1.76 bits per heavy atom. The molecule has 6 nitrogen and oxygen atoms in total. The van der Waals surface area contributed by atoms with Gasteiger partial charge in [0.2, 0.25) is 11.1 Å². The first-order chi connectivity index (χ1) is 17.9. The summed E-state index contributed by atoms with van der Waals surface area (Å²) in [6, 6.07) is 25.2. The van der Waals surface area contributed by atoms with Crippen molar-refractivity contribution in [1.82, 2.24) is 14.8 Å². The maximum absolute atomic E-state index is 13.6. The number of benzene rings is 3. The molecule has 0 radical (unpaired) electrons. The molecule has 0 aliphatic carbocycles. The van der Waals surface area contributed by atoms with Crippen molar-refractivity contribution in [3.05, 3.63) is 112 Å².